The van der Waals surface area contributed by atoms with Gasteiger partial charge in [-0.15, -0.1) is 0 Å². The normalized spacial score (nSPS) is 25.5. The van der Waals surface area contributed by atoms with Gasteiger partial charge in [0.25, 0.3) is 0 Å². The van der Waals surface area contributed by atoms with Crippen LogP contribution in [0.4, 0.5) is 0 Å². The zero-order valence-corrected chi connectivity index (χ0v) is 25.9. The SMILES string of the molecule is COc1ccccc1C=NC1(OC)CC(N=Cc2ccccc2OC)(OC)C(C=O)C(N=Cc2ccccc2OC)(OC)C1. The lowest BCUT2D eigenvalue weighted by atomic mass is 9.71. The molecule has 0 saturated heterocycles. The standard InChI is InChI=1S/C34H39N3O7/c1-39-28-16-10-7-13-25(28)19-35-32(42-4)23-33(43-5,36-20-26-14-8-11-17-29(26)40-2)31(22-38)34(24-32,44-6)37-21-27-15-9-12-18-30(27)41-3/h7-22,31H,23-24H2,1-6H3. The molecule has 10 nitrogen and oxygen atoms in total. The van der Waals surface area contributed by atoms with Crippen molar-refractivity contribution in [2.75, 3.05) is 42.7 Å². The van der Waals surface area contributed by atoms with Crippen LogP contribution in [-0.2, 0) is 19.0 Å². The molecule has 10 heteroatoms. The molecule has 4 rings (SSSR count). The molecule has 2 atom stereocenters. The molecule has 0 N–H and O–H groups in total. The number of carbonyl (C=O) groups is 1. The topological polar surface area (TPSA) is 110 Å². The summed E-state index contributed by atoms with van der Waals surface area (Å²) in [6.45, 7) is 0. The molecule has 1 aliphatic carbocycles. The fourth-order valence-corrected chi connectivity index (χ4v) is 5.55. The Morgan fingerprint density at radius 2 is 0.932 bits per heavy atom. The molecule has 3 aromatic carbocycles. The Labute approximate surface area is 258 Å². The van der Waals surface area contributed by atoms with Crippen LogP contribution in [0.2, 0.25) is 0 Å². The molecule has 0 bridgehead atoms. The van der Waals surface area contributed by atoms with E-state index in [2.05, 4.69) is 0 Å². The van der Waals surface area contributed by atoms with E-state index < -0.39 is 23.1 Å². The first-order chi connectivity index (χ1) is 21.4. The third kappa shape index (κ3) is 6.57. The van der Waals surface area contributed by atoms with Gasteiger partial charge in [-0.25, -0.2) is 0 Å². The van der Waals surface area contributed by atoms with Crippen LogP contribution >= 0.6 is 0 Å². The summed E-state index contributed by atoms with van der Waals surface area (Å²) in [6.07, 6.45) is 5.84. The molecule has 1 saturated carbocycles. The quantitative estimate of drug-likeness (QED) is 0.200. The van der Waals surface area contributed by atoms with E-state index in [9.17, 15) is 4.79 Å². The van der Waals surface area contributed by atoms with E-state index in [4.69, 9.17) is 43.4 Å². The first-order valence-electron chi connectivity index (χ1n) is 14.0. The minimum Gasteiger partial charge on any atom is -0.496 e. The monoisotopic (exact) mass is 601 g/mol. The number of methoxy groups -OCH3 is 6. The van der Waals surface area contributed by atoms with Gasteiger partial charge in [-0.2, -0.15) is 0 Å². The number of aliphatic imine (C=N–C) groups is 3. The predicted molar refractivity (Wildman–Crippen MR) is 170 cm³/mol. The summed E-state index contributed by atoms with van der Waals surface area (Å²) in [5.41, 5.74) is -2.18. The molecular formula is C34H39N3O7. The van der Waals surface area contributed by atoms with Gasteiger partial charge in [0.2, 0.25) is 0 Å². The van der Waals surface area contributed by atoms with Gasteiger partial charge in [-0.05, 0) is 36.4 Å². The summed E-state index contributed by atoms with van der Waals surface area (Å²) in [5, 5.41) is 0. The van der Waals surface area contributed by atoms with Crippen molar-refractivity contribution in [2.24, 2.45) is 20.9 Å². The number of benzene rings is 3. The van der Waals surface area contributed by atoms with Crippen LogP contribution in [0.3, 0.4) is 0 Å². The van der Waals surface area contributed by atoms with E-state index >= 15 is 0 Å². The molecule has 44 heavy (non-hydrogen) atoms. The van der Waals surface area contributed by atoms with Gasteiger partial charge in [0, 0.05) is 69.5 Å². The van der Waals surface area contributed by atoms with Gasteiger partial charge in [0.1, 0.15) is 29.5 Å². The van der Waals surface area contributed by atoms with E-state index in [0.717, 1.165) is 11.8 Å². The number of aldehydes is 1. The third-order valence-electron chi connectivity index (χ3n) is 7.95. The van der Waals surface area contributed by atoms with Crippen LogP contribution in [0.15, 0.2) is 87.8 Å². The molecule has 0 aliphatic heterocycles. The molecule has 0 amide bonds. The van der Waals surface area contributed by atoms with Crippen LogP contribution in [0, 0.1) is 5.92 Å². The van der Waals surface area contributed by atoms with Gasteiger partial charge in [-0.1, -0.05) is 36.4 Å². The van der Waals surface area contributed by atoms with Crippen molar-refractivity contribution in [3.8, 4) is 17.2 Å². The Morgan fingerprint density at radius 3 is 1.25 bits per heavy atom. The molecule has 3 aromatic rings. The molecule has 2 unspecified atom stereocenters. The summed E-state index contributed by atoms with van der Waals surface area (Å²) >= 11 is 0. The Balaban J connectivity index is 1.92. The lowest BCUT2D eigenvalue weighted by molar-refractivity contribution is -0.228. The largest absolute Gasteiger partial charge is 0.496 e. The number of hydrogen-bond donors (Lipinski definition) is 0. The zero-order chi connectivity index (χ0) is 31.6. The van der Waals surface area contributed by atoms with Crippen LogP contribution in [0.5, 0.6) is 17.2 Å². The molecule has 232 valence electrons. The lowest BCUT2D eigenvalue weighted by Crippen LogP contribution is -2.64. The van der Waals surface area contributed by atoms with Crippen molar-refractivity contribution in [1.82, 2.24) is 0 Å². The second-order valence-electron chi connectivity index (χ2n) is 10.2. The number of rotatable bonds is 13. The van der Waals surface area contributed by atoms with Crippen molar-refractivity contribution in [3.63, 3.8) is 0 Å². The number of ether oxygens (including phenoxy) is 6. The number of nitrogens with zero attached hydrogens (tertiary/aromatic N) is 3. The second kappa shape index (κ2) is 14.4. The molecule has 0 spiro atoms. The van der Waals surface area contributed by atoms with Gasteiger partial charge in [0.05, 0.1) is 21.3 Å². The number of carbonyl (C=O) groups excluding carboxylic acids is 1. The number of para-hydroxylation sites is 3. The van der Waals surface area contributed by atoms with Crippen molar-refractivity contribution in [2.45, 2.75) is 30.0 Å². The smallest absolute Gasteiger partial charge is 0.177 e. The van der Waals surface area contributed by atoms with E-state index in [-0.39, 0.29) is 12.8 Å². The molecule has 1 aliphatic rings. The minimum atomic E-state index is -1.51. The van der Waals surface area contributed by atoms with Gasteiger partial charge < -0.3 is 33.2 Å². The Morgan fingerprint density at radius 1 is 0.568 bits per heavy atom. The first kappa shape index (κ1) is 32.5. The molecule has 0 aromatic heterocycles. The highest BCUT2D eigenvalue weighted by atomic mass is 16.5. The predicted octanol–water partition coefficient (Wildman–Crippen LogP) is 5.01. The fourth-order valence-electron chi connectivity index (χ4n) is 5.55. The Bertz CT molecular complexity index is 1430. The van der Waals surface area contributed by atoms with E-state index in [1.54, 1.807) is 47.1 Å². The summed E-state index contributed by atoms with van der Waals surface area (Å²) in [4.78, 5) is 27.9. The van der Waals surface area contributed by atoms with E-state index in [1.165, 1.54) is 14.2 Å². The van der Waals surface area contributed by atoms with Crippen LogP contribution in [0.1, 0.15) is 29.5 Å². The third-order valence-corrected chi connectivity index (χ3v) is 7.95. The molecular weight excluding hydrogens is 562 g/mol. The van der Waals surface area contributed by atoms with Crippen molar-refractivity contribution in [1.29, 1.82) is 0 Å². The van der Waals surface area contributed by atoms with E-state index in [0.29, 0.717) is 28.4 Å². The van der Waals surface area contributed by atoms with Crippen molar-refractivity contribution >= 4 is 24.9 Å². The summed E-state index contributed by atoms with van der Waals surface area (Å²) in [7, 11) is 9.30. The molecule has 0 heterocycles. The fraction of sp³-hybridized carbons (Fsp3) is 0.353. The maximum absolute atomic E-state index is 13.1. The Kier molecular flexibility index (Phi) is 10.6. The summed E-state index contributed by atoms with van der Waals surface area (Å²) < 4.78 is 35.1. The van der Waals surface area contributed by atoms with Crippen molar-refractivity contribution in [3.05, 3.63) is 89.5 Å². The Hall–Kier alpha value is -4.38. The highest BCUT2D eigenvalue weighted by Crippen LogP contribution is 2.51. The van der Waals surface area contributed by atoms with Gasteiger partial charge >= 0.3 is 0 Å². The highest BCUT2D eigenvalue weighted by molar-refractivity contribution is 5.86. The maximum atomic E-state index is 13.1. The average Bonchev–Trinajstić information content (AvgIpc) is 3.08. The lowest BCUT2D eigenvalue weighted by Gasteiger charge is -2.52. The van der Waals surface area contributed by atoms with Crippen LogP contribution in [-0.4, -0.2) is 84.8 Å². The second-order valence-corrected chi connectivity index (χ2v) is 10.2. The summed E-state index contributed by atoms with van der Waals surface area (Å²) in [5.74, 6) is 0.857. The van der Waals surface area contributed by atoms with E-state index in [1.807, 2.05) is 72.8 Å². The van der Waals surface area contributed by atoms with Crippen LogP contribution < -0.4 is 14.2 Å². The maximum Gasteiger partial charge on any atom is 0.177 e. The zero-order valence-electron chi connectivity index (χ0n) is 25.9. The highest BCUT2D eigenvalue weighted by Gasteiger charge is 2.63. The summed E-state index contributed by atoms with van der Waals surface area (Å²) in [6, 6.07) is 22.3. The number of hydrogen-bond acceptors (Lipinski definition) is 10. The van der Waals surface area contributed by atoms with Crippen LogP contribution in [0.25, 0.3) is 0 Å². The van der Waals surface area contributed by atoms with Gasteiger partial charge in [0.15, 0.2) is 17.2 Å². The first-order valence-corrected chi connectivity index (χ1v) is 14.0. The molecule has 1 fully saturated rings. The molecule has 0 radical (unpaired) electrons. The average molecular weight is 602 g/mol. The minimum absolute atomic E-state index is 0.0724. The van der Waals surface area contributed by atoms with Gasteiger partial charge in [-0.3, -0.25) is 15.0 Å². The van der Waals surface area contributed by atoms with Crippen molar-refractivity contribution < 1.29 is 33.2 Å².